The van der Waals surface area contributed by atoms with Crippen LogP contribution >= 0.6 is 15.9 Å². The van der Waals surface area contributed by atoms with E-state index in [2.05, 4.69) is 26.0 Å². The van der Waals surface area contributed by atoms with Crippen LogP contribution in [0, 0.1) is 5.82 Å². The molecule has 4 nitrogen and oxygen atoms in total. The first-order valence-electron chi connectivity index (χ1n) is 5.96. The van der Waals surface area contributed by atoms with Crippen LogP contribution in [0.25, 0.3) is 0 Å². The van der Waals surface area contributed by atoms with Crippen molar-refractivity contribution >= 4 is 33.5 Å². The van der Waals surface area contributed by atoms with Crippen LogP contribution in [0.15, 0.2) is 46.9 Å². The molecule has 0 atom stereocenters. The van der Waals surface area contributed by atoms with Crippen molar-refractivity contribution < 1.29 is 18.7 Å². The second kappa shape index (κ2) is 6.49. The van der Waals surface area contributed by atoms with Gasteiger partial charge in [-0.25, -0.2) is 9.18 Å². The van der Waals surface area contributed by atoms with Crippen LogP contribution < -0.4 is 5.32 Å². The molecular weight excluding hydrogens is 341 g/mol. The molecule has 2 aromatic rings. The van der Waals surface area contributed by atoms with Gasteiger partial charge in [0.1, 0.15) is 5.82 Å². The standard InChI is InChI=1S/C15H11BrFNO3/c1-21-15(20)10-4-2-9(3-5-10)14(19)18-13-7-6-11(17)8-12(13)16/h2-8H,1H3,(H,18,19). The molecule has 0 aliphatic carbocycles. The van der Waals surface area contributed by atoms with E-state index in [9.17, 15) is 14.0 Å². The van der Waals surface area contributed by atoms with Gasteiger partial charge in [0.15, 0.2) is 0 Å². The molecule has 1 amide bonds. The van der Waals surface area contributed by atoms with Gasteiger partial charge in [0, 0.05) is 10.0 Å². The summed E-state index contributed by atoms with van der Waals surface area (Å²) in [7, 11) is 1.29. The van der Waals surface area contributed by atoms with Crippen molar-refractivity contribution in [1.29, 1.82) is 0 Å². The third kappa shape index (κ3) is 3.66. The molecule has 1 N–H and O–H groups in total. The van der Waals surface area contributed by atoms with E-state index in [0.29, 0.717) is 21.3 Å². The Morgan fingerprint density at radius 2 is 1.71 bits per heavy atom. The molecule has 0 fully saturated rings. The lowest BCUT2D eigenvalue weighted by Gasteiger charge is -2.08. The maximum Gasteiger partial charge on any atom is 0.337 e. The van der Waals surface area contributed by atoms with Gasteiger partial charge in [0.2, 0.25) is 0 Å². The quantitative estimate of drug-likeness (QED) is 0.859. The minimum absolute atomic E-state index is 0.358. The zero-order valence-corrected chi connectivity index (χ0v) is 12.6. The molecule has 2 rings (SSSR count). The van der Waals surface area contributed by atoms with Crippen molar-refractivity contribution in [3.05, 3.63) is 63.9 Å². The average Bonchev–Trinajstić information content (AvgIpc) is 2.49. The molecule has 0 radical (unpaired) electrons. The van der Waals surface area contributed by atoms with E-state index in [1.54, 1.807) is 0 Å². The molecule has 0 saturated carbocycles. The molecule has 6 heteroatoms. The van der Waals surface area contributed by atoms with Gasteiger partial charge in [-0.1, -0.05) is 0 Å². The van der Waals surface area contributed by atoms with Crippen LogP contribution in [0.4, 0.5) is 10.1 Å². The Hall–Kier alpha value is -2.21. The number of halogens is 2. The number of hydrogen-bond acceptors (Lipinski definition) is 3. The maximum atomic E-state index is 13.0. The number of esters is 1. The van der Waals surface area contributed by atoms with Crippen LogP contribution in [0.1, 0.15) is 20.7 Å². The van der Waals surface area contributed by atoms with Gasteiger partial charge in [-0.3, -0.25) is 4.79 Å². The minimum Gasteiger partial charge on any atom is -0.465 e. The molecule has 0 heterocycles. The summed E-state index contributed by atoms with van der Waals surface area (Å²) in [5.41, 5.74) is 1.19. The molecule has 0 aliphatic rings. The van der Waals surface area contributed by atoms with E-state index in [1.165, 1.54) is 49.6 Å². The molecule has 2 aromatic carbocycles. The largest absolute Gasteiger partial charge is 0.465 e. The van der Waals surface area contributed by atoms with Crippen molar-refractivity contribution in [3.63, 3.8) is 0 Å². The zero-order valence-electron chi connectivity index (χ0n) is 11.0. The number of hydrogen-bond donors (Lipinski definition) is 1. The highest BCUT2D eigenvalue weighted by atomic mass is 79.9. The Labute approximate surface area is 129 Å². The van der Waals surface area contributed by atoms with Crippen LogP contribution in [0.5, 0.6) is 0 Å². The molecule has 0 unspecified atom stereocenters. The van der Waals surface area contributed by atoms with E-state index >= 15 is 0 Å². The molecular formula is C15H11BrFNO3. The number of ether oxygens (including phenoxy) is 1. The van der Waals surface area contributed by atoms with E-state index in [0.717, 1.165) is 0 Å². The van der Waals surface area contributed by atoms with Crippen molar-refractivity contribution in [3.8, 4) is 0 Å². The Morgan fingerprint density at radius 3 is 2.29 bits per heavy atom. The number of amides is 1. The number of rotatable bonds is 3. The van der Waals surface area contributed by atoms with Crippen LogP contribution in [-0.4, -0.2) is 19.0 Å². The summed E-state index contributed by atoms with van der Waals surface area (Å²) < 4.78 is 18.0. The Kier molecular flexibility index (Phi) is 4.70. The molecule has 0 aromatic heterocycles. The topological polar surface area (TPSA) is 55.4 Å². The first-order valence-corrected chi connectivity index (χ1v) is 6.75. The number of anilines is 1. The van der Waals surface area contributed by atoms with Crippen molar-refractivity contribution in [1.82, 2.24) is 0 Å². The SMILES string of the molecule is COC(=O)c1ccc(C(=O)Nc2ccc(F)cc2Br)cc1. The summed E-state index contributed by atoms with van der Waals surface area (Å²) in [5, 5.41) is 2.65. The minimum atomic E-state index is -0.469. The average molecular weight is 352 g/mol. The maximum absolute atomic E-state index is 13.0. The number of carbonyl (C=O) groups is 2. The second-order valence-electron chi connectivity index (χ2n) is 4.15. The zero-order chi connectivity index (χ0) is 15.4. The third-order valence-electron chi connectivity index (χ3n) is 2.75. The van der Waals surface area contributed by atoms with E-state index in [1.807, 2.05) is 0 Å². The number of methoxy groups -OCH3 is 1. The summed E-state index contributed by atoms with van der Waals surface area (Å²) in [4.78, 5) is 23.4. The van der Waals surface area contributed by atoms with Crippen LogP contribution in [0.3, 0.4) is 0 Å². The molecule has 0 aliphatic heterocycles. The third-order valence-corrected chi connectivity index (χ3v) is 3.40. The molecule has 0 saturated heterocycles. The summed E-state index contributed by atoms with van der Waals surface area (Å²) >= 11 is 3.17. The number of nitrogens with one attached hydrogen (secondary N) is 1. The molecule has 21 heavy (non-hydrogen) atoms. The fourth-order valence-corrected chi connectivity index (χ4v) is 2.11. The lowest BCUT2D eigenvalue weighted by atomic mass is 10.1. The highest BCUT2D eigenvalue weighted by Crippen LogP contribution is 2.23. The van der Waals surface area contributed by atoms with Crippen molar-refractivity contribution in [2.45, 2.75) is 0 Å². The Balaban J connectivity index is 2.15. The lowest BCUT2D eigenvalue weighted by Crippen LogP contribution is -2.12. The van der Waals surface area contributed by atoms with E-state index in [-0.39, 0.29) is 5.91 Å². The van der Waals surface area contributed by atoms with Gasteiger partial charge in [-0.2, -0.15) is 0 Å². The van der Waals surface area contributed by atoms with Gasteiger partial charge < -0.3 is 10.1 Å². The van der Waals surface area contributed by atoms with Gasteiger partial charge in [0.25, 0.3) is 5.91 Å². The van der Waals surface area contributed by atoms with E-state index in [4.69, 9.17) is 0 Å². The molecule has 0 spiro atoms. The van der Waals surface area contributed by atoms with Gasteiger partial charge in [0.05, 0.1) is 18.4 Å². The van der Waals surface area contributed by atoms with Crippen LogP contribution in [0.2, 0.25) is 0 Å². The Bertz CT molecular complexity index is 686. The van der Waals surface area contributed by atoms with Crippen LogP contribution in [-0.2, 0) is 4.74 Å². The normalized spacial score (nSPS) is 10.0. The molecule has 0 bridgehead atoms. The lowest BCUT2D eigenvalue weighted by molar-refractivity contribution is 0.0600. The van der Waals surface area contributed by atoms with Gasteiger partial charge in [-0.15, -0.1) is 0 Å². The second-order valence-corrected chi connectivity index (χ2v) is 5.00. The number of carbonyl (C=O) groups excluding carboxylic acids is 2. The fourth-order valence-electron chi connectivity index (χ4n) is 1.66. The summed E-state index contributed by atoms with van der Waals surface area (Å²) in [6, 6.07) is 10.00. The fraction of sp³-hybridized carbons (Fsp3) is 0.0667. The smallest absolute Gasteiger partial charge is 0.337 e. The summed E-state index contributed by atoms with van der Waals surface area (Å²) in [6.07, 6.45) is 0. The summed E-state index contributed by atoms with van der Waals surface area (Å²) in [6.45, 7) is 0. The number of benzene rings is 2. The van der Waals surface area contributed by atoms with Gasteiger partial charge in [-0.05, 0) is 58.4 Å². The highest BCUT2D eigenvalue weighted by Gasteiger charge is 2.11. The van der Waals surface area contributed by atoms with Crippen molar-refractivity contribution in [2.24, 2.45) is 0 Å². The summed E-state index contributed by atoms with van der Waals surface area (Å²) in [5.74, 6) is -1.23. The monoisotopic (exact) mass is 351 g/mol. The predicted octanol–water partition coefficient (Wildman–Crippen LogP) is 3.63. The first-order chi connectivity index (χ1) is 10.0. The molecule has 108 valence electrons. The first kappa shape index (κ1) is 15.2. The predicted molar refractivity (Wildman–Crippen MR) is 79.8 cm³/mol. The Morgan fingerprint density at radius 1 is 1.10 bits per heavy atom. The van der Waals surface area contributed by atoms with E-state index < -0.39 is 11.8 Å². The van der Waals surface area contributed by atoms with Crippen molar-refractivity contribution in [2.75, 3.05) is 12.4 Å². The van der Waals surface area contributed by atoms with Gasteiger partial charge >= 0.3 is 5.97 Å². The highest BCUT2D eigenvalue weighted by molar-refractivity contribution is 9.10.